The van der Waals surface area contributed by atoms with Gasteiger partial charge in [0.05, 0.1) is 12.3 Å². The number of carbonyl (C=O) groups excluding carboxylic acids is 1. The van der Waals surface area contributed by atoms with Crippen LogP contribution in [-0.4, -0.2) is 23.6 Å². The van der Waals surface area contributed by atoms with Crippen LogP contribution in [0.15, 0.2) is 48.5 Å². The summed E-state index contributed by atoms with van der Waals surface area (Å²) < 4.78 is 5.61. The molecule has 2 heterocycles. The van der Waals surface area contributed by atoms with Crippen LogP contribution in [0.25, 0.3) is 11.1 Å². The summed E-state index contributed by atoms with van der Waals surface area (Å²) >= 11 is 1.24. The van der Waals surface area contributed by atoms with Crippen molar-refractivity contribution < 1.29 is 19.4 Å². The van der Waals surface area contributed by atoms with E-state index in [0.717, 1.165) is 27.3 Å². The van der Waals surface area contributed by atoms with Crippen LogP contribution in [0.3, 0.4) is 0 Å². The zero-order chi connectivity index (χ0) is 20.5. The second-order valence-corrected chi connectivity index (χ2v) is 8.08. The van der Waals surface area contributed by atoms with Crippen molar-refractivity contribution in [1.29, 1.82) is 0 Å². The van der Waals surface area contributed by atoms with E-state index in [4.69, 9.17) is 4.74 Å². The summed E-state index contributed by atoms with van der Waals surface area (Å²) in [5.41, 5.74) is 4.01. The molecule has 5 nitrogen and oxygen atoms in total. The Morgan fingerprint density at radius 1 is 1.24 bits per heavy atom. The lowest BCUT2D eigenvalue weighted by Crippen LogP contribution is -2.22. The van der Waals surface area contributed by atoms with Crippen molar-refractivity contribution in [2.24, 2.45) is 0 Å². The maximum atomic E-state index is 12.6. The molecule has 4 rings (SSSR count). The van der Waals surface area contributed by atoms with Crippen LogP contribution in [-0.2, 0) is 4.79 Å². The first-order valence-corrected chi connectivity index (χ1v) is 10.3. The van der Waals surface area contributed by atoms with E-state index in [-0.39, 0.29) is 23.1 Å². The summed E-state index contributed by atoms with van der Waals surface area (Å²) in [4.78, 5) is 25.7. The summed E-state index contributed by atoms with van der Waals surface area (Å²) in [7, 11) is 0. The molecular formula is C23H21NO4S. The molecular weight excluding hydrogens is 386 g/mol. The number of carboxylic acid groups (broad SMARTS) is 1. The molecule has 2 N–H and O–H groups in total. The van der Waals surface area contributed by atoms with E-state index in [9.17, 15) is 14.7 Å². The maximum absolute atomic E-state index is 12.6. The molecule has 0 bridgehead atoms. The lowest BCUT2D eigenvalue weighted by atomic mass is 9.88. The first-order valence-electron chi connectivity index (χ1n) is 9.47. The third-order valence-corrected chi connectivity index (χ3v) is 6.30. The van der Waals surface area contributed by atoms with E-state index in [0.29, 0.717) is 17.9 Å². The average molecular weight is 407 g/mol. The van der Waals surface area contributed by atoms with Crippen molar-refractivity contribution in [3.8, 4) is 16.9 Å². The Balaban J connectivity index is 1.88. The molecule has 1 unspecified atom stereocenters. The van der Waals surface area contributed by atoms with Gasteiger partial charge in [-0.2, -0.15) is 0 Å². The molecule has 0 saturated heterocycles. The van der Waals surface area contributed by atoms with Gasteiger partial charge in [-0.05, 0) is 37.1 Å². The average Bonchev–Trinajstić information content (AvgIpc) is 3.08. The van der Waals surface area contributed by atoms with E-state index in [1.807, 2.05) is 62.4 Å². The van der Waals surface area contributed by atoms with E-state index in [2.05, 4.69) is 5.32 Å². The van der Waals surface area contributed by atoms with Gasteiger partial charge in [0.15, 0.2) is 0 Å². The number of thiophene rings is 1. The normalized spacial score (nSPS) is 15.5. The summed E-state index contributed by atoms with van der Waals surface area (Å²) in [6, 6.07) is 15.4. The minimum Gasteiger partial charge on any atom is -0.494 e. The largest absolute Gasteiger partial charge is 0.494 e. The van der Waals surface area contributed by atoms with Gasteiger partial charge < -0.3 is 15.2 Å². The van der Waals surface area contributed by atoms with Crippen LogP contribution in [0, 0.1) is 6.92 Å². The predicted octanol–water partition coefficient (Wildman–Crippen LogP) is 5.29. The molecule has 0 saturated carbocycles. The minimum absolute atomic E-state index is 0.118. The van der Waals surface area contributed by atoms with Crippen LogP contribution >= 0.6 is 11.3 Å². The topological polar surface area (TPSA) is 75.6 Å². The highest BCUT2D eigenvalue weighted by atomic mass is 32.1. The fraction of sp³-hybridized carbons (Fsp3) is 0.217. The minimum atomic E-state index is -0.990. The molecule has 2 aromatic carbocycles. The van der Waals surface area contributed by atoms with Gasteiger partial charge in [0.1, 0.15) is 10.6 Å². The first-order chi connectivity index (χ1) is 14.0. The number of aryl methyl sites for hydroxylation is 1. The highest BCUT2D eigenvalue weighted by molar-refractivity contribution is 7.15. The SMILES string of the molecule is CCOc1cccc(C2CC(=O)Nc3c2sc(C(=O)O)c3-c2ccc(C)cc2)c1. The summed E-state index contributed by atoms with van der Waals surface area (Å²) in [5.74, 6) is -0.573. The maximum Gasteiger partial charge on any atom is 0.346 e. The third kappa shape index (κ3) is 3.63. The van der Waals surface area contributed by atoms with Crippen LogP contribution in [0.1, 0.15) is 44.9 Å². The zero-order valence-corrected chi connectivity index (χ0v) is 17.0. The molecule has 148 valence electrons. The van der Waals surface area contributed by atoms with Crippen molar-refractivity contribution in [3.63, 3.8) is 0 Å². The van der Waals surface area contributed by atoms with Gasteiger partial charge in [-0.25, -0.2) is 4.79 Å². The number of carbonyl (C=O) groups is 2. The highest BCUT2D eigenvalue weighted by Gasteiger charge is 2.34. The van der Waals surface area contributed by atoms with Crippen LogP contribution in [0.5, 0.6) is 5.75 Å². The molecule has 1 amide bonds. The van der Waals surface area contributed by atoms with Gasteiger partial charge >= 0.3 is 5.97 Å². The molecule has 0 fully saturated rings. The van der Waals surface area contributed by atoms with Crippen LogP contribution < -0.4 is 10.1 Å². The number of hydrogen-bond acceptors (Lipinski definition) is 4. The molecule has 1 atom stereocenters. The fourth-order valence-corrected chi connectivity index (χ4v) is 4.94. The molecule has 1 aliphatic rings. The Hall–Kier alpha value is -3.12. The smallest absolute Gasteiger partial charge is 0.346 e. The monoisotopic (exact) mass is 407 g/mol. The Bertz CT molecular complexity index is 1080. The molecule has 1 aromatic heterocycles. The quantitative estimate of drug-likeness (QED) is 0.602. The molecule has 0 spiro atoms. The van der Waals surface area contributed by atoms with E-state index < -0.39 is 5.97 Å². The number of rotatable bonds is 5. The number of fused-ring (bicyclic) bond motifs is 1. The second-order valence-electron chi connectivity index (χ2n) is 7.03. The van der Waals surface area contributed by atoms with E-state index in [1.165, 1.54) is 11.3 Å². The predicted molar refractivity (Wildman–Crippen MR) is 114 cm³/mol. The van der Waals surface area contributed by atoms with Crippen molar-refractivity contribution in [2.75, 3.05) is 11.9 Å². The number of anilines is 1. The number of aromatic carboxylic acids is 1. The van der Waals surface area contributed by atoms with E-state index in [1.54, 1.807) is 0 Å². The number of ether oxygens (including phenoxy) is 1. The van der Waals surface area contributed by atoms with Gasteiger partial charge in [-0.15, -0.1) is 11.3 Å². The molecule has 3 aromatic rings. The standard InChI is InChI=1S/C23H21NO4S/c1-3-28-16-6-4-5-15(11-16)17-12-18(25)24-20-19(14-9-7-13(2)8-10-14)22(23(26)27)29-21(17)20/h4-11,17H,3,12H2,1-2H3,(H,24,25)(H,26,27). The van der Waals surface area contributed by atoms with Gasteiger partial charge in [0, 0.05) is 22.8 Å². The van der Waals surface area contributed by atoms with Crippen molar-refractivity contribution in [2.45, 2.75) is 26.2 Å². The summed E-state index contributed by atoms with van der Waals surface area (Å²) in [6.07, 6.45) is 0.273. The summed E-state index contributed by atoms with van der Waals surface area (Å²) in [6.45, 7) is 4.46. The highest BCUT2D eigenvalue weighted by Crippen LogP contribution is 2.49. The molecule has 1 aliphatic heterocycles. The lowest BCUT2D eigenvalue weighted by Gasteiger charge is -2.24. The Morgan fingerprint density at radius 2 is 2.00 bits per heavy atom. The zero-order valence-electron chi connectivity index (χ0n) is 16.2. The fourth-order valence-electron chi connectivity index (χ4n) is 3.69. The van der Waals surface area contributed by atoms with Crippen molar-refractivity contribution in [1.82, 2.24) is 0 Å². The number of benzene rings is 2. The second kappa shape index (κ2) is 7.72. The Labute approximate surface area is 173 Å². The Kier molecular flexibility index (Phi) is 5.11. The first kappa shape index (κ1) is 19.2. The number of hydrogen-bond donors (Lipinski definition) is 2. The van der Waals surface area contributed by atoms with Crippen LogP contribution in [0.2, 0.25) is 0 Å². The van der Waals surface area contributed by atoms with Gasteiger partial charge in [0.25, 0.3) is 0 Å². The Morgan fingerprint density at radius 3 is 2.69 bits per heavy atom. The van der Waals surface area contributed by atoms with Crippen LogP contribution in [0.4, 0.5) is 5.69 Å². The molecule has 0 radical (unpaired) electrons. The number of carboxylic acids is 1. The molecule has 6 heteroatoms. The van der Waals surface area contributed by atoms with Gasteiger partial charge in [-0.3, -0.25) is 4.79 Å². The third-order valence-electron chi connectivity index (χ3n) is 5.01. The number of nitrogens with one attached hydrogen (secondary N) is 1. The van der Waals surface area contributed by atoms with E-state index >= 15 is 0 Å². The van der Waals surface area contributed by atoms with Crippen molar-refractivity contribution >= 4 is 28.9 Å². The van der Waals surface area contributed by atoms with Gasteiger partial charge in [-0.1, -0.05) is 42.0 Å². The van der Waals surface area contributed by atoms with Crippen molar-refractivity contribution in [3.05, 3.63) is 69.4 Å². The van der Waals surface area contributed by atoms with Gasteiger partial charge in [0.2, 0.25) is 5.91 Å². The molecule has 29 heavy (non-hydrogen) atoms. The number of amides is 1. The summed E-state index contributed by atoms with van der Waals surface area (Å²) in [5, 5.41) is 12.8. The molecule has 0 aliphatic carbocycles. The lowest BCUT2D eigenvalue weighted by molar-refractivity contribution is -0.116.